The van der Waals surface area contributed by atoms with Gasteiger partial charge in [0.1, 0.15) is 6.54 Å². The van der Waals surface area contributed by atoms with Gasteiger partial charge in [0.25, 0.3) is 0 Å². The number of hydrogen-bond donors (Lipinski definition) is 1. The SMILES string of the molecule is CC1(C)C(=O)N(CC(=O)NC2CCCCC2)c2ccc(S(=O)(=O)N3CCCC3)cc21. The van der Waals surface area contributed by atoms with Gasteiger partial charge in [0.15, 0.2) is 0 Å². The third-order valence-corrected chi connectivity index (χ3v) is 8.58. The first-order valence-electron chi connectivity index (χ1n) is 11.0. The van der Waals surface area contributed by atoms with Gasteiger partial charge >= 0.3 is 0 Å². The zero-order valence-electron chi connectivity index (χ0n) is 17.8. The highest BCUT2D eigenvalue weighted by Crippen LogP contribution is 2.42. The number of amides is 2. The van der Waals surface area contributed by atoms with Crippen LogP contribution in [0.25, 0.3) is 0 Å². The van der Waals surface area contributed by atoms with Gasteiger partial charge in [0.2, 0.25) is 21.8 Å². The Morgan fingerprint density at radius 3 is 2.43 bits per heavy atom. The number of sulfonamides is 1. The molecule has 1 saturated carbocycles. The lowest BCUT2D eigenvalue weighted by Gasteiger charge is -2.25. The highest BCUT2D eigenvalue weighted by Gasteiger charge is 2.45. The van der Waals surface area contributed by atoms with E-state index in [9.17, 15) is 18.0 Å². The topological polar surface area (TPSA) is 86.8 Å². The van der Waals surface area contributed by atoms with Crippen LogP contribution < -0.4 is 10.2 Å². The van der Waals surface area contributed by atoms with Gasteiger partial charge in [-0.3, -0.25) is 9.59 Å². The summed E-state index contributed by atoms with van der Waals surface area (Å²) in [5, 5.41) is 3.06. The number of fused-ring (bicyclic) bond motifs is 1. The molecule has 1 saturated heterocycles. The molecule has 164 valence electrons. The van der Waals surface area contributed by atoms with E-state index >= 15 is 0 Å². The molecule has 1 aliphatic carbocycles. The van der Waals surface area contributed by atoms with Gasteiger partial charge in [0.05, 0.1) is 10.3 Å². The molecule has 0 bridgehead atoms. The maximum Gasteiger partial charge on any atom is 0.243 e. The van der Waals surface area contributed by atoms with Crippen molar-refractivity contribution in [1.29, 1.82) is 0 Å². The molecule has 1 N–H and O–H groups in total. The lowest BCUT2D eigenvalue weighted by molar-refractivity contribution is -0.126. The summed E-state index contributed by atoms with van der Waals surface area (Å²) < 4.78 is 27.4. The third kappa shape index (κ3) is 3.75. The van der Waals surface area contributed by atoms with E-state index in [2.05, 4.69) is 5.32 Å². The van der Waals surface area contributed by atoms with Crippen molar-refractivity contribution in [3.8, 4) is 0 Å². The van der Waals surface area contributed by atoms with Gasteiger partial charge in [-0.15, -0.1) is 0 Å². The first kappa shape index (κ1) is 21.3. The van der Waals surface area contributed by atoms with Crippen LogP contribution in [0.2, 0.25) is 0 Å². The molecular formula is C22H31N3O4S. The van der Waals surface area contributed by atoms with Gasteiger partial charge in [-0.05, 0) is 63.3 Å². The van der Waals surface area contributed by atoms with Gasteiger partial charge in [-0.2, -0.15) is 4.31 Å². The highest BCUT2D eigenvalue weighted by atomic mass is 32.2. The third-order valence-electron chi connectivity index (χ3n) is 6.69. The van der Waals surface area contributed by atoms with Gasteiger partial charge in [-0.1, -0.05) is 19.3 Å². The number of carbonyl (C=O) groups excluding carboxylic acids is 2. The second kappa shape index (κ2) is 7.96. The fraction of sp³-hybridized carbons (Fsp3) is 0.636. The zero-order valence-corrected chi connectivity index (χ0v) is 18.6. The largest absolute Gasteiger partial charge is 0.352 e. The van der Waals surface area contributed by atoms with E-state index in [0.717, 1.165) is 38.5 Å². The van der Waals surface area contributed by atoms with E-state index in [1.165, 1.54) is 15.6 Å². The molecule has 4 rings (SSSR count). The molecule has 0 radical (unpaired) electrons. The monoisotopic (exact) mass is 433 g/mol. The van der Waals surface area contributed by atoms with Gasteiger partial charge in [0, 0.05) is 24.8 Å². The highest BCUT2D eigenvalue weighted by molar-refractivity contribution is 7.89. The molecule has 0 aromatic heterocycles. The lowest BCUT2D eigenvalue weighted by Crippen LogP contribution is -2.45. The molecule has 30 heavy (non-hydrogen) atoms. The average molecular weight is 434 g/mol. The number of rotatable bonds is 5. The van der Waals surface area contributed by atoms with Crippen LogP contribution in [-0.4, -0.2) is 50.2 Å². The number of anilines is 1. The number of benzene rings is 1. The summed E-state index contributed by atoms with van der Waals surface area (Å²) in [5.41, 5.74) is 0.416. The van der Waals surface area contributed by atoms with E-state index in [-0.39, 0.29) is 29.3 Å². The van der Waals surface area contributed by atoms with Crippen LogP contribution in [0.3, 0.4) is 0 Å². The average Bonchev–Trinajstić information content (AvgIpc) is 3.32. The fourth-order valence-electron chi connectivity index (χ4n) is 4.87. The molecule has 1 aromatic carbocycles. The molecule has 8 heteroatoms. The molecule has 7 nitrogen and oxygen atoms in total. The Balaban J connectivity index is 1.57. The second-order valence-electron chi connectivity index (χ2n) is 9.21. The smallest absolute Gasteiger partial charge is 0.243 e. The molecular weight excluding hydrogens is 402 g/mol. The summed E-state index contributed by atoms with van der Waals surface area (Å²) in [6.45, 7) is 4.62. The maximum atomic E-state index is 13.1. The fourth-order valence-corrected chi connectivity index (χ4v) is 6.42. The normalized spacial score (nSPS) is 22.3. The number of carbonyl (C=O) groups is 2. The van der Waals surface area contributed by atoms with Crippen molar-refractivity contribution in [1.82, 2.24) is 9.62 Å². The van der Waals surface area contributed by atoms with Gasteiger partial charge < -0.3 is 10.2 Å². The summed E-state index contributed by atoms with van der Waals surface area (Å²) >= 11 is 0. The molecule has 0 spiro atoms. The van der Waals surface area contributed by atoms with Crippen LogP contribution in [0.1, 0.15) is 64.4 Å². The Labute approximate surface area is 178 Å². The van der Waals surface area contributed by atoms with E-state index in [1.54, 1.807) is 32.0 Å². The Kier molecular flexibility index (Phi) is 5.66. The quantitative estimate of drug-likeness (QED) is 0.773. The molecule has 2 aliphatic heterocycles. The predicted molar refractivity (Wildman–Crippen MR) is 115 cm³/mol. The number of hydrogen-bond acceptors (Lipinski definition) is 4. The van der Waals surface area contributed by atoms with E-state index in [4.69, 9.17) is 0 Å². The van der Waals surface area contributed by atoms with Crippen LogP contribution in [0, 0.1) is 0 Å². The van der Waals surface area contributed by atoms with Crippen LogP contribution in [-0.2, 0) is 25.0 Å². The van der Waals surface area contributed by atoms with Crippen LogP contribution in [0.15, 0.2) is 23.1 Å². The van der Waals surface area contributed by atoms with Crippen molar-refractivity contribution in [2.45, 2.75) is 75.1 Å². The Morgan fingerprint density at radius 2 is 1.77 bits per heavy atom. The Hall–Kier alpha value is -1.93. The molecule has 0 unspecified atom stereocenters. The molecule has 2 fully saturated rings. The molecule has 2 amide bonds. The Bertz CT molecular complexity index is 945. The Morgan fingerprint density at radius 1 is 1.10 bits per heavy atom. The molecule has 1 aromatic rings. The van der Waals surface area contributed by atoms with Crippen molar-refractivity contribution in [3.63, 3.8) is 0 Å². The first-order chi connectivity index (χ1) is 14.2. The van der Waals surface area contributed by atoms with Crippen molar-refractivity contribution >= 4 is 27.5 Å². The van der Waals surface area contributed by atoms with E-state index in [1.807, 2.05) is 0 Å². The van der Waals surface area contributed by atoms with Crippen molar-refractivity contribution in [3.05, 3.63) is 23.8 Å². The van der Waals surface area contributed by atoms with E-state index in [0.29, 0.717) is 24.3 Å². The second-order valence-corrected chi connectivity index (χ2v) is 11.1. The zero-order chi connectivity index (χ0) is 21.5. The van der Waals surface area contributed by atoms with Crippen molar-refractivity contribution < 1.29 is 18.0 Å². The number of nitrogens with one attached hydrogen (secondary N) is 1. The predicted octanol–water partition coefficient (Wildman–Crippen LogP) is 2.54. The van der Waals surface area contributed by atoms with Crippen LogP contribution in [0.4, 0.5) is 5.69 Å². The summed E-state index contributed by atoms with van der Waals surface area (Å²) in [6, 6.07) is 5.05. The minimum Gasteiger partial charge on any atom is -0.352 e. The first-order valence-corrected chi connectivity index (χ1v) is 12.4. The molecule has 0 atom stereocenters. The standard InChI is InChI=1S/C22H31N3O4S/c1-22(2)18-14-17(30(28,29)24-12-6-7-13-24)10-11-19(18)25(21(22)27)15-20(26)23-16-8-4-3-5-9-16/h10-11,14,16H,3-9,12-13,15H2,1-2H3,(H,23,26). The van der Waals surface area contributed by atoms with E-state index < -0.39 is 15.4 Å². The summed E-state index contributed by atoms with van der Waals surface area (Å²) in [6.07, 6.45) is 7.17. The molecule has 2 heterocycles. The summed E-state index contributed by atoms with van der Waals surface area (Å²) in [4.78, 5) is 27.5. The van der Waals surface area contributed by atoms with Crippen LogP contribution >= 0.6 is 0 Å². The summed E-state index contributed by atoms with van der Waals surface area (Å²) in [7, 11) is -3.56. The lowest BCUT2D eigenvalue weighted by atomic mass is 9.86. The van der Waals surface area contributed by atoms with Crippen LogP contribution in [0.5, 0.6) is 0 Å². The number of nitrogens with zero attached hydrogens (tertiary/aromatic N) is 2. The summed E-state index contributed by atoms with van der Waals surface area (Å²) in [5.74, 6) is -0.334. The molecule has 3 aliphatic rings. The minimum absolute atomic E-state index is 0.0377. The van der Waals surface area contributed by atoms with Gasteiger partial charge in [-0.25, -0.2) is 8.42 Å². The maximum absolute atomic E-state index is 13.1. The van der Waals surface area contributed by atoms with Crippen molar-refractivity contribution in [2.24, 2.45) is 0 Å². The van der Waals surface area contributed by atoms with Crippen molar-refractivity contribution in [2.75, 3.05) is 24.5 Å². The minimum atomic E-state index is -3.56.